The van der Waals surface area contributed by atoms with Gasteiger partial charge in [-0.15, -0.1) is 0 Å². The first-order valence-corrected chi connectivity index (χ1v) is 8.05. The number of phenolic OH excluding ortho intramolecular Hbond substituents is 1. The highest BCUT2D eigenvalue weighted by Crippen LogP contribution is 2.36. The van der Waals surface area contributed by atoms with Gasteiger partial charge >= 0.3 is 0 Å². The molecular weight excluding hydrogens is 294 g/mol. The molecule has 2 heteroatoms. The Labute approximate surface area is 143 Å². The van der Waals surface area contributed by atoms with Crippen LogP contribution in [-0.4, -0.2) is 11.3 Å². The van der Waals surface area contributed by atoms with Gasteiger partial charge in [-0.25, -0.2) is 0 Å². The zero-order chi connectivity index (χ0) is 17.1. The lowest BCUT2D eigenvalue weighted by Crippen LogP contribution is -1.93. The summed E-state index contributed by atoms with van der Waals surface area (Å²) < 4.78 is 0. The van der Waals surface area contributed by atoms with Gasteiger partial charge in [-0.2, -0.15) is 0 Å². The molecule has 3 aromatic carbocycles. The van der Waals surface area contributed by atoms with E-state index in [4.69, 9.17) is 0 Å². The molecule has 0 aliphatic heterocycles. The first kappa shape index (κ1) is 16.0. The van der Waals surface area contributed by atoms with Crippen molar-refractivity contribution in [3.05, 3.63) is 82.9 Å². The van der Waals surface area contributed by atoms with E-state index in [1.165, 1.54) is 0 Å². The normalized spacial score (nSPS) is 11.1. The molecule has 0 aliphatic rings. The highest BCUT2D eigenvalue weighted by atomic mass is 16.3. The molecule has 0 heterocycles. The van der Waals surface area contributed by atoms with Crippen LogP contribution in [0.5, 0.6) is 5.75 Å². The molecule has 24 heavy (non-hydrogen) atoms. The second kappa shape index (κ2) is 6.71. The summed E-state index contributed by atoms with van der Waals surface area (Å²) in [7, 11) is 0. The molecule has 3 rings (SSSR count). The molecule has 0 radical (unpaired) electrons. The number of nitrogens with zero attached hydrogens (tertiary/aromatic N) is 1. The van der Waals surface area contributed by atoms with Gasteiger partial charge in [-0.1, -0.05) is 36.4 Å². The van der Waals surface area contributed by atoms with Crippen molar-refractivity contribution >= 4 is 11.9 Å². The Kier molecular flexibility index (Phi) is 4.48. The van der Waals surface area contributed by atoms with E-state index in [0.29, 0.717) is 0 Å². The lowest BCUT2D eigenvalue weighted by Gasteiger charge is -2.14. The molecule has 0 bridgehead atoms. The minimum absolute atomic E-state index is 0.276. The fraction of sp³-hybridized carbons (Fsp3) is 0.136. The summed E-state index contributed by atoms with van der Waals surface area (Å²) in [4.78, 5) is 4.47. The monoisotopic (exact) mass is 315 g/mol. The van der Waals surface area contributed by atoms with Crippen LogP contribution in [0.4, 0.5) is 5.69 Å². The van der Waals surface area contributed by atoms with Gasteiger partial charge < -0.3 is 5.11 Å². The number of benzene rings is 3. The third-order valence-electron chi connectivity index (χ3n) is 4.14. The van der Waals surface area contributed by atoms with Crippen molar-refractivity contribution in [2.75, 3.05) is 0 Å². The second-order valence-corrected chi connectivity index (χ2v) is 6.11. The summed E-state index contributed by atoms with van der Waals surface area (Å²) >= 11 is 0. The highest BCUT2D eigenvalue weighted by Gasteiger charge is 2.13. The standard InChI is InChI=1S/C22H21NO/c1-15-12-18(14-23-19-10-5-4-6-11-19)22(24)20(13-15)21-16(2)8-7-9-17(21)3/h4-14,24H,1-3H3. The minimum atomic E-state index is 0.276. The van der Waals surface area contributed by atoms with Crippen molar-refractivity contribution in [2.45, 2.75) is 20.8 Å². The lowest BCUT2D eigenvalue weighted by molar-refractivity contribution is 0.476. The highest BCUT2D eigenvalue weighted by molar-refractivity contribution is 5.91. The maximum absolute atomic E-state index is 10.8. The molecule has 0 fully saturated rings. The van der Waals surface area contributed by atoms with Gasteiger partial charge in [0, 0.05) is 17.3 Å². The number of para-hydroxylation sites is 1. The van der Waals surface area contributed by atoms with Crippen molar-refractivity contribution in [2.24, 2.45) is 4.99 Å². The lowest BCUT2D eigenvalue weighted by atomic mass is 9.92. The molecule has 0 spiro atoms. The van der Waals surface area contributed by atoms with E-state index in [1.54, 1.807) is 6.21 Å². The average molecular weight is 315 g/mol. The van der Waals surface area contributed by atoms with Crippen LogP contribution < -0.4 is 0 Å². The predicted octanol–water partition coefficient (Wildman–Crippen LogP) is 5.74. The Morgan fingerprint density at radius 3 is 2.17 bits per heavy atom. The molecule has 0 saturated heterocycles. The third-order valence-corrected chi connectivity index (χ3v) is 4.14. The Morgan fingerprint density at radius 1 is 0.833 bits per heavy atom. The first-order chi connectivity index (χ1) is 11.6. The largest absolute Gasteiger partial charge is 0.507 e. The van der Waals surface area contributed by atoms with Crippen molar-refractivity contribution in [1.82, 2.24) is 0 Å². The van der Waals surface area contributed by atoms with E-state index in [2.05, 4.69) is 31.0 Å². The van der Waals surface area contributed by atoms with Gasteiger partial charge in [-0.05, 0) is 67.3 Å². The molecule has 120 valence electrons. The molecule has 0 saturated carbocycles. The van der Waals surface area contributed by atoms with Crippen molar-refractivity contribution in [3.63, 3.8) is 0 Å². The van der Waals surface area contributed by atoms with Crippen LogP contribution in [0.15, 0.2) is 65.7 Å². The molecule has 1 N–H and O–H groups in total. The van der Waals surface area contributed by atoms with Crippen LogP contribution in [0.2, 0.25) is 0 Å². The Hall–Kier alpha value is -2.87. The second-order valence-electron chi connectivity index (χ2n) is 6.11. The number of phenols is 1. The van der Waals surface area contributed by atoms with Crippen LogP contribution >= 0.6 is 0 Å². The molecule has 2 nitrogen and oxygen atoms in total. The zero-order valence-corrected chi connectivity index (χ0v) is 14.2. The number of aryl methyl sites for hydroxylation is 3. The molecule has 0 unspecified atom stereocenters. The fourth-order valence-electron chi connectivity index (χ4n) is 2.99. The van der Waals surface area contributed by atoms with Crippen LogP contribution in [0.25, 0.3) is 11.1 Å². The zero-order valence-electron chi connectivity index (χ0n) is 14.2. The van der Waals surface area contributed by atoms with E-state index in [1.807, 2.05) is 55.5 Å². The maximum Gasteiger partial charge on any atom is 0.132 e. The number of aromatic hydroxyl groups is 1. The Bertz CT molecular complexity index is 875. The summed E-state index contributed by atoms with van der Waals surface area (Å²) in [5.74, 6) is 0.276. The van der Waals surface area contributed by atoms with E-state index < -0.39 is 0 Å². The number of aliphatic imine (C=N–C) groups is 1. The van der Waals surface area contributed by atoms with Crippen molar-refractivity contribution < 1.29 is 5.11 Å². The number of rotatable bonds is 3. The summed E-state index contributed by atoms with van der Waals surface area (Å²) in [6, 6.07) is 19.9. The quantitative estimate of drug-likeness (QED) is 0.615. The van der Waals surface area contributed by atoms with Crippen LogP contribution in [0.3, 0.4) is 0 Å². The predicted molar refractivity (Wildman–Crippen MR) is 101 cm³/mol. The van der Waals surface area contributed by atoms with Gasteiger partial charge in [0.2, 0.25) is 0 Å². The summed E-state index contributed by atoms with van der Waals surface area (Å²) in [5, 5.41) is 10.8. The Morgan fingerprint density at radius 2 is 1.50 bits per heavy atom. The summed E-state index contributed by atoms with van der Waals surface area (Å²) in [6.45, 7) is 6.18. The van der Waals surface area contributed by atoms with Crippen molar-refractivity contribution in [1.29, 1.82) is 0 Å². The smallest absolute Gasteiger partial charge is 0.132 e. The van der Waals surface area contributed by atoms with Gasteiger partial charge in [-0.3, -0.25) is 4.99 Å². The SMILES string of the molecule is Cc1cc(C=Nc2ccccc2)c(O)c(-c2c(C)cccc2C)c1. The van der Waals surface area contributed by atoms with E-state index >= 15 is 0 Å². The fourth-order valence-corrected chi connectivity index (χ4v) is 2.99. The van der Waals surface area contributed by atoms with Crippen LogP contribution in [0, 0.1) is 20.8 Å². The van der Waals surface area contributed by atoms with E-state index in [-0.39, 0.29) is 5.75 Å². The topological polar surface area (TPSA) is 32.6 Å². The molecule has 0 aliphatic carbocycles. The molecule has 0 atom stereocenters. The van der Waals surface area contributed by atoms with Gasteiger partial charge in [0.15, 0.2) is 0 Å². The van der Waals surface area contributed by atoms with Crippen LogP contribution in [0.1, 0.15) is 22.3 Å². The Balaban J connectivity index is 2.11. The first-order valence-electron chi connectivity index (χ1n) is 8.05. The van der Waals surface area contributed by atoms with Crippen LogP contribution in [-0.2, 0) is 0 Å². The molecular formula is C22H21NO. The minimum Gasteiger partial charge on any atom is -0.507 e. The summed E-state index contributed by atoms with van der Waals surface area (Å²) in [5.41, 5.74) is 6.96. The third kappa shape index (κ3) is 3.23. The van der Waals surface area contributed by atoms with Gasteiger partial charge in [0.1, 0.15) is 5.75 Å². The molecule has 0 amide bonds. The number of hydrogen-bond donors (Lipinski definition) is 1. The molecule has 0 aromatic heterocycles. The van der Waals surface area contributed by atoms with Crippen molar-refractivity contribution in [3.8, 4) is 16.9 Å². The van der Waals surface area contributed by atoms with Gasteiger partial charge in [0.25, 0.3) is 0 Å². The number of hydrogen-bond acceptors (Lipinski definition) is 2. The van der Waals surface area contributed by atoms with Gasteiger partial charge in [0.05, 0.1) is 5.69 Å². The van der Waals surface area contributed by atoms with E-state index in [0.717, 1.165) is 39.1 Å². The average Bonchev–Trinajstić information content (AvgIpc) is 2.57. The maximum atomic E-state index is 10.8. The summed E-state index contributed by atoms with van der Waals surface area (Å²) in [6.07, 6.45) is 1.73. The van der Waals surface area contributed by atoms with E-state index in [9.17, 15) is 5.11 Å². The molecule has 3 aromatic rings.